The first-order valence-corrected chi connectivity index (χ1v) is 5.33. The van der Waals surface area contributed by atoms with Crippen molar-refractivity contribution in [2.24, 2.45) is 5.73 Å². The molecule has 0 unspecified atom stereocenters. The van der Waals surface area contributed by atoms with Crippen molar-refractivity contribution in [3.8, 4) is 0 Å². The van der Waals surface area contributed by atoms with E-state index in [2.05, 4.69) is 9.97 Å². The molecular weight excluding hydrogens is 251 g/mol. The number of hydrogen-bond donors (Lipinski definition) is 1. The molecule has 1 aliphatic rings. The number of ether oxygens (including phenoxy) is 1. The van der Waals surface area contributed by atoms with Crippen LogP contribution in [0.1, 0.15) is 10.5 Å². The largest absolute Gasteiger partial charge is 0.378 e. The maximum Gasteiger partial charge on any atom is 0.270 e. The minimum atomic E-state index is -0.971. The monoisotopic (exact) mass is 260 g/mol. The van der Waals surface area contributed by atoms with Gasteiger partial charge in [0.25, 0.3) is 5.91 Å². The predicted octanol–water partition coefficient (Wildman–Crippen LogP) is 0.205. The molecule has 0 aliphatic carbocycles. The van der Waals surface area contributed by atoms with Gasteiger partial charge in [0.2, 0.25) is 5.28 Å². The molecule has 92 valence electrons. The van der Waals surface area contributed by atoms with Gasteiger partial charge in [0.1, 0.15) is 0 Å². The number of nitrogens with zero attached hydrogens (tertiary/aromatic N) is 3. The van der Waals surface area contributed by atoms with E-state index < -0.39 is 17.4 Å². The lowest BCUT2D eigenvalue weighted by Gasteiger charge is -2.28. The van der Waals surface area contributed by atoms with Crippen molar-refractivity contribution in [1.82, 2.24) is 9.97 Å². The first-order chi connectivity index (χ1) is 8.09. The fraction of sp³-hybridized carbons (Fsp3) is 0.444. The molecule has 2 rings (SSSR count). The Hall–Kier alpha value is -1.47. The van der Waals surface area contributed by atoms with Crippen LogP contribution in [0.3, 0.4) is 0 Å². The Balaban J connectivity index is 2.41. The quantitative estimate of drug-likeness (QED) is 0.769. The second-order valence-electron chi connectivity index (χ2n) is 3.44. The Kier molecular flexibility index (Phi) is 3.39. The van der Waals surface area contributed by atoms with E-state index in [0.29, 0.717) is 26.3 Å². The lowest BCUT2D eigenvalue weighted by Crippen LogP contribution is -2.38. The number of halogens is 2. The van der Waals surface area contributed by atoms with E-state index in [4.69, 9.17) is 22.1 Å². The highest BCUT2D eigenvalue weighted by molar-refractivity contribution is 6.28. The van der Waals surface area contributed by atoms with Gasteiger partial charge in [-0.3, -0.25) is 4.79 Å². The van der Waals surface area contributed by atoms with Gasteiger partial charge < -0.3 is 15.4 Å². The van der Waals surface area contributed by atoms with Crippen LogP contribution in [-0.4, -0.2) is 42.2 Å². The molecule has 1 aliphatic heterocycles. The first-order valence-electron chi connectivity index (χ1n) is 4.95. The van der Waals surface area contributed by atoms with Crippen LogP contribution in [-0.2, 0) is 4.74 Å². The normalized spacial score (nSPS) is 16.0. The Labute approximate surface area is 102 Å². The number of carbonyl (C=O) groups excluding carboxylic acids is 1. The molecule has 2 N–H and O–H groups in total. The third-order valence-electron chi connectivity index (χ3n) is 2.35. The van der Waals surface area contributed by atoms with Gasteiger partial charge in [0.05, 0.1) is 13.2 Å². The van der Waals surface area contributed by atoms with Gasteiger partial charge in [-0.15, -0.1) is 0 Å². The summed E-state index contributed by atoms with van der Waals surface area (Å²) in [6, 6.07) is 0. The van der Waals surface area contributed by atoms with Gasteiger partial charge >= 0.3 is 0 Å². The number of aromatic nitrogens is 2. The van der Waals surface area contributed by atoms with E-state index in [-0.39, 0.29) is 11.1 Å². The molecule has 8 heteroatoms. The molecule has 1 amide bonds. The molecular formula is C9H10ClFN4O2. The molecule has 0 saturated carbocycles. The Morgan fingerprint density at radius 2 is 2.06 bits per heavy atom. The summed E-state index contributed by atoms with van der Waals surface area (Å²) < 4.78 is 19.1. The average molecular weight is 261 g/mol. The van der Waals surface area contributed by atoms with Crippen molar-refractivity contribution in [2.75, 3.05) is 31.2 Å². The molecule has 0 radical (unpaired) electrons. The van der Waals surface area contributed by atoms with Crippen molar-refractivity contribution < 1.29 is 13.9 Å². The molecule has 0 bridgehead atoms. The number of carbonyl (C=O) groups is 1. The number of amides is 1. The third-order valence-corrected chi connectivity index (χ3v) is 2.52. The van der Waals surface area contributed by atoms with E-state index in [9.17, 15) is 9.18 Å². The lowest BCUT2D eigenvalue weighted by molar-refractivity contribution is 0.0991. The van der Waals surface area contributed by atoms with Gasteiger partial charge in [-0.2, -0.15) is 4.98 Å². The van der Waals surface area contributed by atoms with Gasteiger partial charge in [0, 0.05) is 13.1 Å². The van der Waals surface area contributed by atoms with Gasteiger partial charge in [0.15, 0.2) is 17.3 Å². The Bertz CT molecular complexity index is 451. The van der Waals surface area contributed by atoms with E-state index in [0.717, 1.165) is 0 Å². The molecule has 1 fully saturated rings. The van der Waals surface area contributed by atoms with Gasteiger partial charge in [-0.1, -0.05) is 0 Å². The number of hydrogen-bond acceptors (Lipinski definition) is 5. The van der Waals surface area contributed by atoms with Crippen molar-refractivity contribution in [3.05, 3.63) is 16.8 Å². The topological polar surface area (TPSA) is 81.3 Å². The Morgan fingerprint density at radius 1 is 1.41 bits per heavy atom. The van der Waals surface area contributed by atoms with Gasteiger partial charge in [-0.05, 0) is 11.6 Å². The number of rotatable bonds is 2. The zero-order chi connectivity index (χ0) is 12.4. The summed E-state index contributed by atoms with van der Waals surface area (Å²) in [4.78, 5) is 19.9. The van der Waals surface area contributed by atoms with Crippen LogP contribution in [0, 0.1) is 5.82 Å². The minimum absolute atomic E-state index is 0.0119. The SMILES string of the molecule is NC(=O)c1nc(Cl)nc(N2CCOCC2)c1F. The second-order valence-corrected chi connectivity index (χ2v) is 3.78. The summed E-state index contributed by atoms with van der Waals surface area (Å²) >= 11 is 5.63. The van der Waals surface area contributed by atoms with Crippen molar-refractivity contribution in [1.29, 1.82) is 0 Å². The molecule has 1 saturated heterocycles. The summed E-state index contributed by atoms with van der Waals surface area (Å²) in [5, 5.41) is -0.207. The molecule has 2 heterocycles. The summed E-state index contributed by atoms with van der Waals surface area (Å²) in [5.74, 6) is -1.83. The van der Waals surface area contributed by atoms with Crippen LogP contribution in [0.15, 0.2) is 0 Å². The fourth-order valence-corrected chi connectivity index (χ4v) is 1.72. The fourth-order valence-electron chi connectivity index (χ4n) is 1.56. The van der Waals surface area contributed by atoms with E-state index >= 15 is 0 Å². The smallest absolute Gasteiger partial charge is 0.270 e. The average Bonchev–Trinajstić information content (AvgIpc) is 2.32. The van der Waals surface area contributed by atoms with Crippen LogP contribution in [0.4, 0.5) is 10.2 Å². The predicted molar refractivity (Wildman–Crippen MR) is 58.5 cm³/mol. The number of anilines is 1. The standard InChI is InChI=1S/C9H10ClFN4O2/c10-9-13-6(7(12)16)5(11)8(14-9)15-1-3-17-4-2-15/h1-4H2,(H2,12,16). The summed E-state index contributed by atoms with van der Waals surface area (Å²) in [7, 11) is 0. The molecule has 0 aromatic carbocycles. The summed E-state index contributed by atoms with van der Waals surface area (Å²) in [5.41, 5.74) is 4.52. The highest BCUT2D eigenvalue weighted by atomic mass is 35.5. The lowest BCUT2D eigenvalue weighted by atomic mass is 10.3. The minimum Gasteiger partial charge on any atom is -0.378 e. The molecule has 1 aromatic heterocycles. The summed E-state index contributed by atoms with van der Waals surface area (Å²) in [6.45, 7) is 1.88. The molecule has 6 nitrogen and oxygen atoms in total. The van der Waals surface area contributed by atoms with Crippen molar-refractivity contribution in [3.63, 3.8) is 0 Å². The number of primary amides is 1. The van der Waals surface area contributed by atoms with Crippen LogP contribution in [0.2, 0.25) is 5.28 Å². The molecule has 0 atom stereocenters. The zero-order valence-electron chi connectivity index (χ0n) is 8.82. The maximum atomic E-state index is 13.9. The van der Waals surface area contributed by atoms with Crippen LogP contribution in [0.5, 0.6) is 0 Å². The van der Waals surface area contributed by atoms with E-state index in [1.807, 2.05) is 0 Å². The molecule has 17 heavy (non-hydrogen) atoms. The maximum absolute atomic E-state index is 13.9. The summed E-state index contributed by atoms with van der Waals surface area (Å²) in [6.07, 6.45) is 0. The van der Waals surface area contributed by atoms with E-state index in [1.54, 1.807) is 4.90 Å². The third kappa shape index (κ3) is 2.45. The van der Waals surface area contributed by atoms with Crippen LogP contribution >= 0.6 is 11.6 Å². The second kappa shape index (κ2) is 4.80. The Morgan fingerprint density at radius 3 is 2.65 bits per heavy atom. The highest BCUT2D eigenvalue weighted by Crippen LogP contribution is 2.21. The molecule has 1 aromatic rings. The van der Waals surface area contributed by atoms with E-state index in [1.165, 1.54) is 0 Å². The van der Waals surface area contributed by atoms with Crippen molar-refractivity contribution in [2.45, 2.75) is 0 Å². The van der Waals surface area contributed by atoms with Crippen LogP contribution in [0.25, 0.3) is 0 Å². The number of morpholine rings is 1. The highest BCUT2D eigenvalue weighted by Gasteiger charge is 2.23. The van der Waals surface area contributed by atoms with Crippen LogP contribution < -0.4 is 10.6 Å². The van der Waals surface area contributed by atoms with Crippen molar-refractivity contribution >= 4 is 23.3 Å². The zero-order valence-corrected chi connectivity index (χ0v) is 9.58. The first kappa shape index (κ1) is 12.0. The molecule has 0 spiro atoms. The van der Waals surface area contributed by atoms with Gasteiger partial charge in [-0.25, -0.2) is 9.37 Å². The number of nitrogens with two attached hydrogens (primary N) is 1.